The summed E-state index contributed by atoms with van der Waals surface area (Å²) in [4.78, 5) is 26.1. The molecule has 0 aliphatic carbocycles. The first-order valence-corrected chi connectivity index (χ1v) is 8.73. The summed E-state index contributed by atoms with van der Waals surface area (Å²) in [7, 11) is 1.62. The van der Waals surface area contributed by atoms with Crippen molar-refractivity contribution in [3.05, 3.63) is 17.0 Å². The summed E-state index contributed by atoms with van der Waals surface area (Å²) >= 11 is 0. The number of piperidine rings is 1. The Morgan fingerprint density at radius 2 is 2.08 bits per heavy atom. The highest BCUT2D eigenvalue weighted by Crippen LogP contribution is 2.31. The number of ether oxygens (including phenoxy) is 1. The van der Waals surface area contributed by atoms with Crippen LogP contribution < -0.4 is 0 Å². The minimum atomic E-state index is -0.785. The van der Waals surface area contributed by atoms with E-state index in [2.05, 4.69) is 5.10 Å². The molecule has 7 heteroatoms. The number of Topliss-reactive ketones (excluding diaryl/α,β-unsaturated/α-hetero) is 1. The zero-order valence-corrected chi connectivity index (χ0v) is 15.8. The van der Waals surface area contributed by atoms with Gasteiger partial charge in [0.2, 0.25) is 5.91 Å². The van der Waals surface area contributed by atoms with Crippen molar-refractivity contribution in [2.24, 2.45) is 5.92 Å². The molecule has 1 aliphatic heterocycles. The van der Waals surface area contributed by atoms with Crippen molar-refractivity contribution < 1.29 is 19.4 Å². The first-order valence-electron chi connectivity index (χ1n) is 8.73. The number of rotatable bonds is 6. The second-order valence-corrected chi connectivity index (χ2v) is 7.10. The lowest BCUT2D eigenvalue weighted by Crippen LogP contribution is -2.53. The van der Waals surface area contributed by atoms with Crippen LogP contribution in [0, 0.1) is 19.8 Å². The van der Waals surface area contributed by atoms with E-state index in [4.69, 9.17) is 4.74 Å². The van der Waals surface area contributed by atoms with E-state index in [1.54, 1.807) is 23.6 Å². The van der Waals surface area contributed by atoms with Crippen molar-refractivity contribution in [3.63, 3.8) is 0 Å². The van der Waals surface area contributed by atoms with Crippen molar-refractivity contribution in [2.45, 2.75) is 52.7 Å². The molecule has 1 aromatic rings. The minimum absolute atomic E-state index is 0.0198. The molecule has 0 aromatic carbocycles. The molecule has 2 heterocycles. The zero-order chi connectivity index (χ0) is 18.8. The van der Waals surface area contributed by atoms with E-state index >= 15 is 0 Å². The van der Waals surface area contributed by atoms with Crippen molar-refractivity contribution >= 4 is 11.7 Å². The Hall–Kier alpha value is -1.73. The first kappa shape index (κ1) is 19.6. The standard InChI is InChI=1S/C18H29N3O4/c1-12-10-20(8-6-18(12,24)7-9-25-5)16(23)11-21-14(3)17(15(4)22)13(2)19-21/h12,24H,6-11H2,1-5H3/t12-,18-/m1/s1. The number of aryl methyl sites for hydroxylation is 1. The van der Waals surface area contributed by atoms with Crippen molar-refractivity contribution in [2.75, 3.05) is 26.8 Å². The van der Waals surface area contributed by atoms with Gasteiger partial charge in [-0.3, -0.25) is 14.3 Å². The normalized spacial score (nSPS) is 23.8. The Kier molecular flexibility index (Phi) is 6.00. The van der Waals surface area contributed by atoms with Crippen LogP contribution >= 0.6 is 0 Å². The highest BCUT2D eigenvalue weighted by atomic mass is 16.5. The largest absolute Gasteiger partial charge is 0.389 e. The number of carbonyl (C=O) groups is 2. The number of aromatic nitrogens is 2. The Bertz CT molecular complexity index is 655. The van der Waals surface area contributed by atoms with E-state index < -0.39 is 5.60 Å². The van der Waals surface area contributed by atoms with Gasteiger partial charge in [0.15, 0.2) is 5.78 Å². The third kappa shape index (κ3) is 4.10. The summed E-state index contributed by atoms with van der Waals surface area (Å²) in [5, 5.41) is 15.1. The molecule has 0 bridgehead atoms. The molecule has 0 unspecified atom stereocenters. The maximum atomic E-state index is 12.7. The van der Waals surface area contributed by atoms with Crippen molar-refractivity contribution in [3.8, 4) is 0 Å². The summed E-state index contributed by atoms with van der Waals surface area (Å²) in [6.45, 7) is 8.72. The lowest BCUT2D eigenvalue weighted by atomic mass is 9.80. The van der Waals surface area contributed by atoms with Gasteiger partial charge in [-0.15, -0.1) is 0 Å². The second-order valence-electron chi connectivity index (χ2n) is 7.10. The predicted octanol–water partition coefficient (Wildman–Crippen LogP) is 1.34. The van der Waals surface area contributed by atoms with Crippen LogP contribution in [-0.2, 0) is 16.1 Å². The van der Waals surface area contributed by atoms with Crippen LogP contribution in [0.4, 0.5) is 0 Å². The molecule has 1 saturated heterocycles. The fraction of sp³-hybridized carbons (Fsp3) is 0.722. The van der Waals surface area contributed by atoms with Crippen LogP contribution in [0.3, 0.4) is 0 Å². The predicted molar refractivity (Wildman–Crippen MR) is 93.5 cm³/mol. The van der Waals surface area contributed by atoms with Crippen LogP contribution in [0.15, 0.2) is 0 Å². The number of aliphatic hydroxyl groups is 1. The zero-order valence-electron chi connectivity index (χ0n) is 15.8. The van der Waals surface area contributed by atoms with Gasteiger partial charge in [0, 0.05) is 38.4 Å². The van der Waals surface area contributed by atoms with Gasteiger partial charge >= 0.3 is 0 Å². The molecule has 2 rings (SSSR count). The summed E-state index contributed by atoms with van der Waals surface area (Å²) in [5.74, 6) is -0.0987. The Morgan fingerprint density at radius 3 is 2.60 bits per heavy atom. The topological polar surface area (TPSA) is 84.7 Å². The lowest BCUT2D eigenvalue weighted by Gasteiger charge is -2.43. The fourth-order valence-electron chi connectivity index (χ4n) is 3.63. The quantitative estimate of drug-likeness (QED) is 0.782. The van der Waals surface area contributed by atoms with Crippen molar-refractivity contribution in [1.82, 2.24) is 14.7 Å². The lowest BCUT2D eigenvalue weighted by molar-refractivity contribution is -0.141. The molecule has 1 fully saturated rings. The van der Waals surface area contributed by atoms with Gasteiger partial charge in [0.25, 0.3) is 0 Å². The van der Waals surface area contributed by atoms with Gasteiger partial charge in [-0.2, -0.15) is 5.10 Å². The summed E-state index contributed by atoms with van der Waals surface area (Å²) in [5.41, 5.74) is 1.18. The number of amides is 1. The van der Waals surface area contributed by atoms with Gasteiger partial charge < -0.3 is 14.7 Å². The maximum absolute atomic E-state index is 12.7. The molecular weight excluding hydrogens is 322 g/mol. The van der Waals surface area contributed by atoms with Gasteiger partial charge in [-0.1, -0.05) is 6.92 Å². The van der Waals surface area contributed by atoms with E-state index in [9.17, 15) is 14.7 Å². The number of ketones is 1. The number of likely N-dealkylation sites (tertiary alicyclic amines) is 1. The van der Waals surface area contributed by atoms with Crippen LogP contribution in [0.25, 0.3) is 0 Å². The molecule has 0 saturated carbocycles. The van der Waals surface area contributed by atoms with Gasteiger partial charge in [0.05, 0.1) is 16.9 Å². The molecule has 140 valence electrons. The van der Waals surface area contributed by atoms with Crippen LogP contribution in [-0.4, -0.2) is 63.9 Å². The monoisotopic (exact) mass is 351 g/mol. The highest BCUT2D eigenvalue weighted by Gasteiger charge is 2.39. The molecule has 1 amide bonds. The minimum Gasteiger partial charge on any atom is -0.389 e. The molecule has 1 N–H and O–H groups in total. The number of nitrogens with zero attached hydrogens (tertiary/aromatic N) is 3. The molecule has 0 spiro atoms. The highest BCUT2D eigenvalue weighted by molar-refractivity contribution is 5.96. The third-order valence-electron chi connectivity index (χ3n) is 5.34. The van der Waals surface area contributed by atoms with E-state index in [1.807, 2.05) is 13.8 Å². The molecule has 1 aliphatic rings. The second kappa shape index (κ2) is 7.66. The first-order chi connectivity index (χ1) is 11.7. The third-order valence-corrected chi connectivity index (χ3v) is 5.34. The average molecular weight is 351 g/mol. The van der Waals surface area contributed by atoms with E-state index in [-0.39, 0.29) is 24.2 Å². The summed E-state index contributed by atoms with van der Waals surface area (Å²) in [6.07, 6.45) is 1.12. The number of methoxy groups -OCH3 is 1. The van der Waals surface area contributed by atoms with E-state index in [0.717, 1.165) is 5.69 Å². The SMILES string of the molecule is COCC[C@]1(O)CCN(C(=O)Cn2nc(C)c(C(C)=O)c2C)C[C@H]1C. The summed E-state index contributed by atoms with van der Waals surface area (Å²) < 4.78 is 6.68. The molecule has 7 nitrogen and oxygen atoms in total. The smallest absolute Gasteiger partial charge is 0.244 e. The number of hydrogen-bond donors (Lipinski definition) is 1. The van der Waals surface area contributed by atoms with E-state index in [1.165, 1.54) is 6.92 Å². The van der Waals surface area contributed by atoms with Crippen LogP contribution in [0.2, 0.25) is 0 Å². The Morgan fingerprint density at radius 1 is 1.40 bits per heavy atom. The number of hydrogen-bond acceptors (Lipinski definition) is 5. The van der Waals surface area contributed by atoms with Crippen molar-refractivity contribution in [1.29, 1.82) is 0 Å². The molecule has 2 atom stereocenters. The Balaban J connectivity index is 2.04. The molecule has 0 radical (unpaired) electrons. The van der Waals surface area contributed by atoms with Crippen LogP contribution in [0.5, 0.6) is 0 Å². The maximum Gasteiger partial charge on any atom is 0.244 e. The van der Waals surface area contributed by atoms with E-state index in [0.29, 0.717) is 43.8 Å². The van der Waals surface area contributed by atoms with Gasteiger partial charge in [0.1, 0.15) is 6.54 Å². The van der Waals surface area contributed by atoms with Gasteiger partial charge in [-0.05, 0) is 33.6 Å². The number of carbonyl (C=O) groups excluding carboxylic acids is 2. The fourth-order valence-corrected chi connectivity index (χ4v) is 3.63. The Labute approximate surface area is 148 Å². The van der Waals surface area contributed by atoms with Gasteiger partial charge in [-0.25, -0.2) is 0 Å². The van der Waals surface area contributed by atoms with Crippen LogP contribution in [0.1, 0.15) is 48.4 Å². The molecule has 25 heavy (non-hydrogen) atoms. The average Bonchev–Trinajstić information content (AvgIpc) is 2.82. The molecular formula is C18H29N3O4. The summed E-state index contributed by atoms with van der Waals surface area (Å²) in [6, 6.07) is 0. The molecule has 1 aromatic heterocycles.